The van der Waals surface area contributed by atoms with Gasteiger partial charge in [0, 0.05) is 30.9 Å². The summed E-state index contributed by atoms with van der Waals surface area (Å²) in [4.78, 5) is 29.6. The summed E-state index contributed by atoms with van der Waals surface area (Å²) in [7, 11) is 0. The van der Waals surface area contributed by atoms with E-state index in [1.54, 1.807) is 18.3 Å². The summed E-state index contributed by atoms with van der Waals surface area (Å²) < 4.78 is 0. The monoisotopic (exact) mass is 340 g/mol. The lowest BCUT2D eigenvalue weighted by Gasteiger charge is -2.17. The Labute approximate surface area is 145 Å². The average Bonchev–Trinajstić information content (AvgIpc) is 3.14. The van der Waals surface area contributed by atoms with Gasteiger partial charge >= 0.3 is 0 Å². The molecule has 0 radical (unpaired) electrons. The van der Waals surface area contributed by atoms with Gasteiger partial charge in [-0.3, -0.25) is 19.9 Å². The molecule has 0 unspecified atom stereocenters. The van der Waals surface area contributed by atoms with E-state index >= 15 is 0 Å². The zero-order valence-corrected chi connectivity index (χ0v) is 14.1. The van der Waals surface area contributed by atoms with Crippen LogP contribution in [-0.4, -0.2) is 28.9 Å². The fourth-order valence-electron chi connectivity index (χ4n) is 3.01. The first-order valence-corrected chi connectivity index (χ1v) is 8.28. The van der Waals surface area contributed by atoms with Crippen molar-refractivity contribution in [1.82, 2.24) is 10.3 Å². The zero-order valence-electron chi connectivity index (χ0n) is 14.1. The van der Waals surface area contributed by atoms with Crippen LogP contribution in [0, 0.1) is 17.0 Å². The summed E-state index contributed by atoms with van der Waals surface area (Å²) in [6, 6.07) is 8.42. The van der Waals surface area contributed by atoms with Gasteiger partial charge in [-0.1, -0.05) is 6.07 Å². The van der Waals surface area contributed by atoms with Crippen molar-refractivity contribution in [3.05, 3.63) is 63.5 Å². The molecule has 1 N–H and O–H groups in total. The van der Waals surface area contributed by atoms with Crippen molar-refractivity contribution in [2.75, 3.05) is 18.0 Å². The Morgan fingerprint density at radius 3 is 2.76 bits per heavy atom. The zero-order chi connectivity index (χ0) is 17.8. The Kier molecular flexibility index (Phi) is 4.92. The molecule has 7 nitrogen and oxygen atoms in total. The smallest absolute Gasteiger partial charge is 0.293 e. The van der Waals surface area contributed by atoms with Crippen molar-refractivity contribution in [2.24, 2.45) is 0 Å². The van der Waals surface area contributed by atoms with Gasteiger partial charge < -0.3 is 10.2 Å². The van der Waals surface area contributed by atoms with E-state index in [1.165, 1.54) is 6.07 Å². The van der Waals surface area contributed by atoms with Gasteiger partial charge in [0.05, 0.1) is 17.2 Å². The van der Waals surface area contributed by atoms with Crippen LogP contribution in [0.2, 0.25) is 0 Å². The molecule has 7 heteroatoms. The minimum Gasteiger partial charge on any atom is -0.366 e. The molecule has 0 spiro atoms. The molecular formula is C18H20N4O3. The van der Waals surface area contributed by atoms with E-state index < -0.39 is 4.92 Å². The summed E-state index contributed by atoms with van der Waals surface area (Å²) in [5.74, 6) is -0.346. The summed E-state index contributed by atoms with van der Waals surface area (Å²) in [5, 5.41) is 14.2. The van der Waals surface area contributed by atoms with Crippen molar-refractivity contribution in [3.8, 4) is 0 Å². The maximum absolute atomic E-state index is 12.4. The van der Waals surface area contributed by atoms with Crippen LogP contribution in [0.5, 0.6) is 0 Å². The third kappa shape index (κ3) is 3.76. The molecule has 1 aliphatic rings. The first kappa shape index (κ1) is 16.9. The Morgan fingerprint density at radius 1 is 1.32 bits per heavy atom. The fourth-order valence-corrected chi connectivity index (χ4v) is 3.01. The lowest BCUT2D eigenvalue weighted by molar-refractivity contribution is -0.384. The SMILES string of the molecule is Cc1cccnc1CNC(=O)c1ccc(N2CCCC2)c([N+](=O)[O-])c1. The lowest BCUT2D eigenvalue weighted by Crippen LogP contribution is -2.24. The Balaban J connectivity index is 1.77. The molecule has 1 saturated heterocycles. The first-order chi connectivity index (χ1) is 12.1. The molecule has 1 aromatic carbocycles. The van der Waals surface area contributed by atoms with Crippen molar-refractivity contribution in [3.63, 3.8) is 0 Å². The summed E-state index contributed by atoms with van der Waals surface area (Å²) in [5.41, 5.74) is 2.60. The van der Waals surface area contributed by atoms with Crippen LogP contribution in [0.4, 0.5) is 11.4 Å². The molecule has 130 valence electrons. The van der Waals surface area contributed by atoms with Crippen LogP contribution in [0.25, 0.3) is 0 Å². The maximum Gasteiger partial charge on any atom is 0.293 e. The lowest BCUT2D eigenvalue weighted by atomic mass is 10.1. The number of carbonyl (C=O) groups excluding carboxylic acids is 1. The number of hydrogen-bond acceptors (Lipinski definition) is 5. The molecule has 0 saturated carbocycles. The van der Waals surface area contributed by atoms with Crippen molar-refractivity contribution in [2.45, 2.75) is 26.3 Å². The highest BCUT2D eigenvalue weighted by molar-refractivity contribution is 5.95. The number of amides is 1. The van der Waals surface area contributed by atoms with Crippen LogP contribution in [0.15, 0.2) is 36.5 Å². The van der Waals surface area contributed by atoms with E-state index in [0.717, 1.165) is 37.2 Å². The minimum atomic E-state index is -0.423. The predicted molar refractivity (Wildman–Crippen MR) is 94.7 cm³/mol. The number of hydrogen-bond donors (Lipinski definition) is 1. The van der Waals surface area contributed by atoms with E-state index in [0.29, 0.717) is 5.69 Å². The number of anilines is 1. The molecule has 1 fully saturated rings. The van der Waals surface area contributed by atoms with E-state index in [1.807, 2.05) is 24.0 Å². The second-order valence-electron chi connectivity index (χ2n) is 6.10. The quantitative estimate of drug-likeness (QED) is 0.668. The Hall–Kier alpha value is -2.96. The molecule has 2 heterocycles. The highest BCUT2D eigenvalue weighted by Crippen LogP contribution is 2.31. The number of carbonyl (C=O) groups is 1. The van der Waals surface area contributed by atoms with Crippen LogP contribution < -0.4 is 10.2 Å². The van der Waals surface area contributed by atoms with E-state index in [4.69, 9.17) is 0 Å². The van der Waals surface area contributed by atoms with Gasteiger partial charge in [-0.25, -0.2) is 0 Å². The number of pyridine rings is 1. The summed E-state index contributed by atoms with van der Waals surface area (Å²) in [6.07, 6.45) is 3.73. The average molecular weight is 340 g/mol. The molecular weight excluding hydrogens is 320 g/mol. The maximum atomic E-state index is 12.4. The van der Waals surface area contributed by atoms with Gasteiger partial charge in [0.15, 0.2) is 0 Å². The number of aryl methyl sites for hydroxylation is 1. The molecule has 2 aromatic rings. The fraction of sp³-hybridized carbons (Fsp3) is 0.333. The minimum absolute atomic E-state index is 0.0245. The van der Waals surface area contributed by atoms with E-state index in [9.17, 15) is 14.9 Å². The molecule has 0 aliphatic carbocycles. The van der Waals surface area contributed by atoms with Crippen molar-refractivity contribution < 1.29 is 9.72 Å². The number of rotatable bonds is 5. The van der Waals surface area contributed by atoms with Crippen LogP contribution in [0.3, 0.4) is 0 Å². The van der Waals surface area contributed by atoms with Gasteiger partial charge in [-0.15, -0.1) is 0 Å². The standard InChI is InChI=1S/C18H20N4O3/c1-13-5-4-8-19-15(13)12-20-18(23)14-6-7-16(17(11-14)22(24)25)21-9-2-3-10-21/h4-8,11H,2-3,9-10,12H2,1H3,(H,20,23). The van der Waals surface area contributed by atoms with Crippen LogP contribution >= 0.6 is 0 Å². The van der Waals surface area contributed by atoms with Crippen LogP contribution in [-0.2, 0) is 6.54 Å². The molecule has 1 aromatic heterocycles. The molecule has 1 aliphatic heterocycles. The number of nitrogens with one attached hydrogen (secondary N) is 1. The molecule has 1 amide bonds. The van der Waals surface area contributed by atoms with Crippen molar-refractivity contribution in [1.29, 1.82) is 0 Å². The van der Waals surface area contributed by atoms with Gasteiger partial charge in [-0.2, -0.15) is 0 Å². The second kappa shape index (κ2) is 7.29. The largest absolute Gasteiger partial charge is 0.366 e. The Morgan fingerprint density at radius 2 is 2.08 bits per heavy atom. The topological polar surface area (TPSA) is 88.4 Å². The highest BCUT2D eigenvalue weighted by Gasteiger charge is 2.23. The number of nitro benzene ring substituents is 1. The van der Waals surface area contributed by atoms with Gasteiger partial charge in [0.2, 0.25) is 0 Å². The van der Waals surface area contributed by atoms with Gasteiger partial charge in [0.25, 0.3) is 11.6 Å². The van der Waals surface area contributed by atoms with E-state index in [2.05, 4.69) is 10.3 Å². The number of aromatic nitrogens is 1. The predicted octanol–water partition coefficient (Wildman–Crippen LogP) is 2.83. The number of nitro groups is 1. The van der Waals surface area contributed by atoms with E-state index in [-0.39, 0.29) is 23.7 Å². The van der Waals surface area contributed by atoms with Gasteiger partial charge in [0.1, 0.15) is 5.69 Å². The van der Waals surface area contributed by atoms with Crippen LogP contribution in [0.1, 0.15) is 34.5 Å². The highest BCUT2D eigenvalue weighted by atomic mass is 16.6. The van der Waals surface area contributed by atoms with Gasteiger partial charge in [-0.05, 0) is 43.5 Å². The number of benzene rings is 1. The Bertz CT molecular complexity index is 801. The second-order valence-corrected chi connectivity index (χ2v) is 6.10. The van der Waals surface area contributed by atoms with Crippen molar-refractivity contribution >= 4 is 17.3 Å². The molecule has 25 heavy (non-hydrogen) atoms. The first-order valence-electron chi connectivity index (χ1n) is 8.28. The molecule has 0 bridgehead atoms. The molecule has 3 rings (SSSR count). The number of nitrogens with zero attached hydrogens (tertiary/aromatic N) is 3. The normalized spacial score (nSPS) is 13.7. The third-order valence-electron chi connectivity index (χ3n) is 4.42. The summed E-state index contributed by atoms with van der Waals surface area (Å²) in [6.45, 7) is 3.83. The summed E-state index contributed by atoms with van der Waals surface area (Å²) >= 11 is 0. The third-order valence-corrected chi connectivity index (χ3v) is 4.42. The molecule has 0 atom stereocenters.